The first-order valence-electron chi connectivity index (χ1n) is 9.53. The number of carbonyl (C=O) groups excluding carboxylic acids is 1. The van der Waals surface area contributed by atoms with E-state index in [1.807, 2.05) is 6.07 Å². The largest absolute Gasteiger partial charge is 0.497 e. The van der Waals surface area contributed by atoms with Gasteiger partial charge in [-0.3, -0.25) is 4.79 Å². The Morgan fingerprint density at radius 3 is 2.19 bits per heavy atom. The molecule has 0 N–H and O–H groups in total. The Bertz CT molecular complexity index is 664. The molecule has 0 spiro atoms. The van der Waals surface area contributed by atoms with Crippen molar-refractivity contribution in [2.45, 2.75) is 51.4 Å². The number of Topliss-reactive ketones (excluding diaryl/α,β-unsaturated/α-hetero) is 1. The Hall–Kier alpha value is -2.29. The lowest BCUT2D eigenvalue weighted by molar-refractivity contribution is 0.0976. The number of carbonyl (C=O) groups is 1. The maximum atomic E-state index is 12.4. The van der Waals surface area contributed by atoms with E-state index in [-0.39, 0.29) is 5.78 Å². The van der Waals surface area contributed by atoms with Gasteiger partial charge in [0.2, 0.25) is 0 Å². The van der Waals surface area contributed by atoms with E-state index in [9.17, 15) is 4.79 Å². The van der Waals surface area contributed by atoms with Crippen LogP contribution in [0.4, 0.5) is 0 Å². The second-order valence-corrected chi connectivity index (χ2v) is 6.60. The number of ketones is 1. The number of methoxy groups -OCH3 is 2. The molecule has 0 aromatic heterocycles. The number of ether oxygens (including phenoxy) is 2. The minimum atomic E-state index is 0.147. The lowest BCUT2D eigenvalue weighted by atomic mass is 10.0. The third-order valence-electron chi connectivity index (χ3n) is 4.67. The van der Waals surface area contributed by atoms with Crippen LogP contribution in [-0.4, -0.2) is 20.0 Å². The summed E-state index contributed by atoms with van der Waals surface area (Å²) in [5.74, 6) is 1.44. The molecule has 2 aromatic rings. The zero-order valence-electron chi connectivity index (χ0n) is 16.0. The lowest BCUT2D eigenvalue weighted by Gasteiger charge is -2.09. The van der Waals surface area contributed by atoms with Gasteiger partial charge >= 0.3 is 0 Å². The molecule has 0 radical (unpaired) electrons. The van der Waals surface area contributed by atoms with E-state index < -0.39 is 0 Å². The quantitative estimate of drug-likeness (QED) is 0.354. The Balaban J connectivity index is 1.60. The Morgan fingerprint density at radius 1 is 0.808 bits per heavy atom. The third-order valence-corrected chi connectivity index (χ3v) is 4.67. The van der Waals surface area contributed by atoms with Crippen LogP contribution >= 0.6 is 0 Å². The van der Waals surface area contributed by atoms with Crippen LogP contribution in [0, 0.1) is 0 Å². The van der Waals surface area contributed by atoms with Crippen LogP contribution in [0.3, 0.4) is 0 Å². The standard InChI is InChI=1S/C23H30O3/c1-25-20-16-17-21(23(18-20)26-2)22(24)15-11-6-4-3-5-8-12-19-13-9-7-10-14-19/h7,9-10,13-14,16-18H,3-6,8,11-12,15H2,1-2H3. The first kappa shape index (κ1) is 20.0. The number of rotatable bonds is 12. The Labute approximate surface area is 157 Å². The molecular weight excluding hydrogens is 324 g/mol. The summed E-state index contributed by atoms with van der Waals surface area (Å²) in [5.41, 5.74) is 2.07. The topological polar surface area (TPSA) is 35.5 Å². The molecule has 26 heavy (non-hydrogen) atoms. The highest BCUT2D eigenvalue weighted by Crippen LogP contribution is 2.26. The second-order valence-electron chi connectivity index (χ2n) is 6.60. The molecule has 0 unspecified atom stereocenters. The summed E-state index contributed by atoms with van der Waals surface area (Å²) in [6.07, 6.45) is 8.72. The summed E-state index contributed by atoms with van der Waals surface area (Å²) >= 11 is 0. The summed E-state index contributed by atoms with van der Waals surface area (Å²) in [6, 6.07) is 16.0. The zero-order chi connectivity index (χ0) is 18.6. The normalized spacial score (nSPS) is 10.5. The maximum absolute atomic E-state index is 12.4. The average molecular weight is 354 g/mol. The number of unbranched alkanes of at least 4 members (excludes halogenated alkanes) is 5. The van der Waals surface area contributed by atoms with Crippen molar-refractivity contribution in [2.24, 2.45) is 0 Å². The van der Waals surface area contributed by atoms with Crippen molar-refractivity contribution in [2.75, 3.05) is 14.2 Å². The fourth-order valence-electron chi connectivity index (χ4n) is 3.13. The van der Waals surface area contributed by atoms with Gasteiger partial charge in [0, 0.05) is 12.5 Å². The van der Waals surface area contributed by atoms with Crippen LogP contribution in [0.25, 0.3) is 0 Å². The van der Waals surface area contributed by atoms with Gasteiger partial charge in [0.05, 0.1) is 19.8 Å². The van der Waals surface area contributed by atoms with Crippen molar-refractivity contribution < 1.29 is 14.3 Å². The highest BCUT2D eigenvalue weighted by Gasteiger charge is 2.12. The minimum Gasteiger partial charge on any atom is -0.497 e. The number of hydrogen-bond donors (Lipinski definition) is 0. The second kappa shape index (κ2) is 11.3. The van der Waals surface area contributed by atoms with E-state index >= 15 is 0 Å². The van der Waals surface area contributed by atoms with Crippen LogP contribution in [0.5, 0.6) is 11.5 Å². The maximum Gasteiger partial charge on any atom is 0.166 e. The van der Waals surface area contributed by atoms with Gasteiger partial charge in [-0.1, -0.05) is 56.0 Å². The van der Waals surface area contributed by atoms with E-state index in [0.717, 1.165) is 19.3 Å². The van der Waals surface area contributed by atoms with Gasteiger partial charge in [-0.2, -0.15) is 0 Å². The Morgan fingerprint density at radius 2 is 1.50 bits per heavy atom. The summed E-state index contributed by atoms with van der Waals surface area (Å²) in [4.78, 5) is 12.4. The van der Waals surface area contributed by atoms with E-state index in [4.69, 9.17) is 9.47 Å². The van der Waals surface area contributed by atoms with Gasteiger partial charge in [-0.15, -0.1) is 0 Å². The van der Waals surface area contributed by atoms with Crippen molar-refractivity contribution in [3.63, 3.8) is 0 Å². The number of benzene rings is 2. The van der Waals surface area contributed by atoms with E-state index in [2.05, 4.69) is 30.3 Å². The SMILES string of the molecule is COc1ccc(C(=O)CCCCCCCCc2ccccc2)c(OC)c1. The summed E-state index contributed by atoms with van der Waals surface area (Å²) in [5, 5.41) is 0. The van der Waals surface area contributed by atoms with Crippen LogP contribution < -0.4 is 9.47 Å². The highest BCUT2D eigenvalue weighted by molar-refractivity contribution is 5.98. The van der Waals surface area contributed by atoms with Gasteiger partial charge in [0.15, 0.2) is 5.78 Å². The summed E-state index contributed by atoms with van der Waals surface area (Å²) in [6.45, 7) is 0. The minimum absolute atomic E-state index is 0.147. The van der Waals surface area contributed by atoms with Gasteiger partial charge in [0.1, 0.15) is 11.5 Å². The monoisotopic (exact) mass is 354 g/mol. The zero-order valence-corrected chi connectivity index (χ0v) is 16.0. The fraction of sp³-hybridized carbons (Fsp3) is 0.435. The summed E-state index contributed by atoms with van der Waals surface area (Å²) < 4.78 is 10.5. The molecule has 0 saturated heterocycles. The van der Waals surface area contributed by atoms with E-state index in [1.165, 1.54) is 31.2 Å². The molecule has 0 aliphatic rings. The van der Waals surface area contributed by atoms with Crippen molar-refractivity contribution in [1.29, 1.82) is 0 Å². The van der Waals surface area contributed by atoms with E-state index in [1.54, 1.807) is 26.4 Å². The smallest absolute Gasteiger partial charge is 0.166 e. The number of aryl methyl sites for hydroxylation is 1. The molecule has 3 heteroatoms. The van der Waals surface area contributed by atoms with Crippen LogP contribution in [0.2, 0.25) is 0 Å². The number of hydrogen-bond acceptors (Lipinski definition) is 3. The molecule has 0 fully saturated rings. The molecule has 0 aliphatic heterocycles. The van der Waals surface area contributed by atoms with Gasteiger partial charge in [-0.05, 0) is 37.0 Å². The van der Waals surface area contributed by atoms with Gasteiger partial charge < -0.3 is 9.47 Å². The predicted molar refractivity (Wildman–Crippen MR) is 106 cm³/mol. The molecular formula is C23H30O3. The lowest BCUT2D eigenvalue weighted by Crippen LogP contribution is -2.02. The molecule has 0 aliphatic carbocycles. The van der Waals surface area contributed by atoms with Crippen molar-refractivity contribution in [1.82, 2.24) is 0 Å². The average Bonchev–Trinajstić information content (AvgIpc) is 2.70. The van der Waals surface area contributed by atoms with E-state index in [0.29, 0.717) is 23.5 Å². The van der Waals surface area contributed by atoms with Gasteiger partial charge in [-0.25, -0.2) is 0 Å². The molecule has 0 heterocycles. The molecule has 140 valence electrons. The van der Waals surface area contributed by atoms with Gasteiger partial charge in [0.25, 0.3) is 0 Å². The molecule has 2 aromatic carbocycles. The molecule has 0 saturated carbocycles. The molecule has 0 bridgehead atoms. The molecule has 2 rings (SSSR count). The highest BCUT2D eigenvalue weighted by atomic mass is 16.5. The first-order valence-corrected chi connectivity index (χ1v) is 9.53. The molecule has 3 nitrogen and oxygen atoms in total. The molecule has 0 atom stereocenters. The third kappa shape index (κ3) is 6.55. The summed E-state index contributed by atoms with van der Waals surface area (Å²) in [7, 11) is 3.19. The van der Waals surface area contributed by atoms with Crippen molar-refractivity contribution in [3.05, 3.63) is 59.7 Å². The van der Waals surface area contributed by atoms with Crippen LogP contribution in [0.1, 0.15) is 60.9 Å². The van der Waals surface area contributed by atoms with Crippen LogP contribution in [0.15, 0.2) is 48.5 Å². The predicted octanol–water partition coefficient (Wildman–Crippen LogP) is 5.86. The van der Waals surface area contributed by atoms with Crippen molar-refractivity contribution in [3.8, 4) is 11.5 Å². The fourth-order valence-corrected chi connectivity index (χ4v) is 3.13. The van der Waals surface area contributed by atoms with Crippen molar-refractivity contribution >= 4 is 5.78 Å². The molecule has 0 amide bonds. The Kier molecular flexibility index (Phi) is 8.74. The van der Waals surface area contributed by atoms with Crippen LogP contribution in [-0.2, 0) is 6.42 Å². The first-order chi connectivity index (χ1) is 12.7.